The van der Waals surface area contributed by atoms with Crippen LogP contribution in [-0.2, 0) is 16.6 Å². The molecule has 1 heterocycles. The van der Waals surface area contributed by atoms with Crippen molar-refractivity contribution in [1.82, 2.24) is 14.3 Å². The number of hydrogen-bond donors (Lipinski definition) is 2. The number of benzene rings is 1. The van der Waals surface area contributed by atoms with Gasteiger partial charge in [0.25, 0.3) is 0 Å². The molecule has 0 amide bonds. The number of sulfonamides is 1. The Kier molecular flexibility index (Phi) is 3.82. The Hall–Kier alpha value is -1.93. The summed E-state index contributed by atoms with van der Waals surface area (Å²) < 4.78 is 41.1. The van der Waals surface area contributed by atoms with Crippen molar-refractivity contribution in [3.8, 4) is 0 Å². The van der Waals surface area contributed by atoms with Gasteiger partial charge in [-0.3, -0.25) is 0 Å². The van der Waals surface area contributed by atoms with Crippen LogP contribution in [0.2, 0.25) is 0 Å². The second kappa shape index (κ2) is 5.37. The van der Waals surface area contributed by atoms with Crippen molar-refractivity contribution >= 4 is 15.7 Å². The average Bonchev–Trinajstić information content (AvgIpc) is 2.85. The number of hydrogen-bond acceptors (Lipinski definition) is 4. The molecule has 0 unspecified atom stereocenters. The third kappa shape index (κ3) is 3.30. The molecule has 0 saturated heterocycles. The van der Waals surface area contributed by atoms with Crippen molar-refractivity contribution in [2.75, 3.05) is 12.3 Å². The number of rotatable bonds is 5. The van der Waals surface area contributed by atoms with Crippen LogP contribution in [0.1, 0.15) is 0 Å². The number of aromatic nitrogens is 2. The Bertz CT molecular complexity index is 655. The normalized spacial score (nSPS) is 11.6. The van der Waals surface area contributed by atoms with E-state index in [0.29, 0.717) is 6.54 Å². The Morgan fingerprint density at radius 2 is 2.21 bits per heavy atom. The second-order valence-corrected chi connectivity index (χ2v) is 5.65. The summed E-state index contributed by atoms with van der Waals surface area (Å²) in [5, 5.41) is 0. The molecule has 3 N–H and O–H groups in total. The smallest absolute Gasteiger partial charge is 0.240 e. The largest absolute Gasteiger partial charge is 0.396 e. The summed E-state index contributed by atoms with van der Waals surface area (Å²) in [7, 11) is -3.73. The van der Waals surface area contributed by atoms with Gasteiger partial charge in [0.15, 0.2) is 0 Å². The number of nitrogen functional groups attached to an aromatic ring is 1. The molecular formula is C11H13FN4O2S. The molecule has 0 fully saturated rings. The van der Waals surface area contributed by atoms with Gasteiger partial charge >= 0.3 is 0 Å². The Morgan fingerprint density at radius 3 is 2.84 bits per heavy atom. The van der Waals surface area contributed by atoms with E-state index in [4.69, 9.17) is 5.73 Å². The topological polar surface area (TPSA) is 90.0 Å². The lowest BCUT2D eigenvalue weighted by Gasteiger charge is -2.08. The maximum Gasteiger partial charge on any atom is 0.240 e. The van der Waals surface area contributed by atoms with E-state index >= 15 is 0 Å². The highest BCUT2D eigenvalue weighted by Crippen LogP contribution is 2.15. The number of nitrogens with two attached hydrogens (primary N) is 1. The van der Waals surface area contributed by atoms with Crippen LogP contribution in [-0.4, -0.2) is 24.5 Å². The van der Waals surface area contributed by atoms with Crippen LogP contribution in [0, 0.1) is 5.82 Å². The molecule has 0 radical (unpaired) electrons. The predicted molar refractivity (Wildman–Crippen MR) is 68.2 cm³/mol. The minimum absolute atomic E-state index is 0.0858. The summed E-state index contributed by atoms with van der Waals surface area (Å²) >= 11 is 0. The molecule has 1 aromatic heterocycles. The molecule has 1 aromatic carbocycles. The zero-order valence-corrected chi connectivity index (χ0v) is 10.8. The molecule has 0 aliphatic rings. The number of imidazole rings is 1. The highest BCUT2D eigenvalue weighted by molar-refractivity contribution is 7.89. The highest BCUT2D eigenvalue weighted by atomic mass is 32.2. The van der Waals surface area contributed by atoms with Crippen LogP contribution in [0.3, 0.4) is 0 Å². The summed E-state index contributed by atoms with van der Waals surface area (Å²) in [4.78, 5) is 3.69. The van der Waals surface area contributed by atoms with Gasteiger partial charge in [-0.05, 0) is 18.2 Å². The third-order valence-corrected chi connectivity index (χ3v) is 3.96. The van der Waals surface area contributed by atoms with Crippen LogP contribution in [0.5, 0.6) is 0 Å². The zero-order valence-electron chi connectivity index (χ0n) is 9.95. The van der Waals surface area contributed by atoms with Gasteiger partial charge in [0.2, 0.25) is 10.0 Å². The lowest BCUT2D eigenvalue weighted by molar-refractivity contribution is 0.570. The first kappa shape index (κ1) is 13.5. The summed E-state index contributed by atoms with van der Waals surface area (Å²) in [5.41, 5.74) is 5.21. The average molecular weight is 284 g/mol. The van der Waals surface area contributed by atoms with Crippen LogP contribution in [0.15, 0.2) is 41.8 Å². The molecular weight excluding hydrogens is 271 g/mol. The summed E-state index contributed by atoms with van der Waals surface area (Å²) in [6, 6.07) is 3.38. The minimum atomic E-state index is -3.73. The Morgan fingerprint density at radius 1 is 1.42 bits per heavy atom. The lowest BCUT2D eigenvalue weighted by Crippen LogP contribution is -2.27. The fourth-order valence-corrected chi connectivity index (χ4v) is 2.52. The molecule has 19 heavy (non-hydrogen) atoms. The van der Waals surface area contributed by atoms with Gasteiger partial charge in [0.05, 0.1) is 16.9 Å². The summed E-state index contributed by atoms with van der Waals surface area (Å²) in [6.07, 6.45) is 4.90. The lowest BCUT2D eigenvalue weighted by atomic mass is 10.3. The Labute approximate surface area is 110 Å². The molecule has 0 bridgehead atoms. The van der Waals surface area contributed by atoms with Crippen LogP contribution in [0.25, 0.3) is 0 Å². The summed E-state index contributed by atoms with van der Waals surface area (Å²) in [6.45, 7) is 0.626. The fraction of sp³-hybridized carbons (Fsp3) is 0.182. The zero-order chi connectivity index (χ0) is 13.9. The molecule has 102 valence electrons. The molecule has 2 aromatic rings. The van der Waals surface area contributed by atoms with Crippen molar-refractivity contribution in [1.29, 1.82) is 0 Å². The SMILES string of the molecule is Nc1ccc(S(=O)(=O)NCCn2ccnc2)cc1F. The maximum absolute atomic E-state index is 13.2. The van der Waals surface area contributed by atoms with Crippen LogP contribution >= 0.6 is 0 Å². The van der Waals surface area contributed by atoms with Gasteiger partial charge in [-0.15, -0.1) is 0 Å². The van der Waals surface area contributed by atoms with Crippen molar-refractivity contribution < 1.29 is 12.8 Å². The van der Waals surface area contributed by atoms with Crippen molar-refractivity contribution in [2.45, 2.75) is 11.4 Å². The number of halogens is 1. The van der Waals surface area contributed by atoms with E-state index in [1.807, 2.05) is 0 Å². The van der Waals surface area contributed by atoms with E-state index in [-0.39, 0.29) is 17.1 Å². The van der Waals surface area contributed by atoms with Gasteiger partial charge < -0.3 is 10.3 Å². The van der Waals surface area contributed by atoms with Gasteiger partial charge in [0, 0.05) is 25.5 Å². The van der Waals surface area contributed by atoms with Gasteiger partial charge in [-0.1, -0.05) is 0 Å². The molecule has 0 spiro atoms. The van der Waals surface area contributed by atoms with E-state index in [1.165, 1.54) is 12.1 Å². The van der Waals surface area contributed by atoms with Gasteiger partial charge in [-0.2, -0.15) is 0 Å². The quantitative estimate of drug-likeness (QED) is 0.786. The highest BCUT2D eigenvalue weighted by Gasteiger charge is 2.15. The summed E-state index contributed by atoms with van der Waals surface area (Å²) in [5.74, 6) is -0.752. The van der Waals surface area contributed by atoms with Gasteiger partial charge in [-0.25, -0.2) is 22.5 Å². The molecule has 0 aliphatic carbocycles. The van der Waals surface area contributed by atoms with E-state index in [1.54, 1.807) is 23.3 Å². The molecule has 0 aliphatic heterocycles. The standard InChI is InChI=1S/C11H13FN4O2S/c12-10-7-9(1-2-11(10)13)19(17,18)15-4-6-16-5-3-14-8-16/h1-3,5,7-8,15H,4,6,13H2. The van der Waals surface area contributed by atoms with Crippen molar-refractivity contribution in [3.05, 3.63) is 42.7 Å². The Balaban J connectivity index is 2.03. The number of anilines is 1. The maximum atomic E-state index is 13.2. The van der Waals surface area contributed by atoms with E-state index in [2.05, 4.69) is 9.71 Å². The van der Waals surface area contributed by atoms with Crippen LogP contribution < -0.4 is 10.5 Å². The molecule has 0 saturated carbocycles. The minimum Gasteiger partial charge on any atom is -0.396 e. The molecule has 6 nitrogen and oxygen atoms in total. The van der Waals surface area contributed by atoms with Crippen LogP contribution in [0.4, 0.5) is 10.1 Å². The predicted octanol–water partition coefficient (Wildman–Crippen LogP) is 0.583. The second-order valence-electron chi connectivity index (χ2n) is 3.88. The van der Waals surface area contributed by atoms with E-state index in [9.17, 15) is 12.8 Å². The molecule has 8 heteroatoms. The molecule has 0 atom stereocenters. The first-order valence-electron chi connectivity index (χ1n) is 5.49. The first-order chi connectivity index (χ1) is 8.99. The fourth-order valence-electron chi connectivity index (χ4n) is 1.49. The van der Waals surface area contributed by atoms with Crippen molar-refractivity contribution in [3.63, 3.8) is 0 Å². The number of nitrogens with one attached hydrogen (secondary N) is 1. The van der Waals surface area contributed by atoms with E-state index < -0.39 is 15.8 Å². The third-order valence-electron chi connectivity index (χ3n) is 2.50. The van der Waals surface area contributed by atoms with Gasteiger partial charge in [0.1, 0.15) is 5.82 Å². The molecule has 2 rings (SSSR count). The first-order valence-corrected chi connectivity index (χ1v) is 6.98. The van der Waals surface area contributed by atoms with Crippen molar-refractivity contribution in [2.24, 2.45) is 0 Å². The van der Waals surface area contributed by atoms with E-state index in [0.717, 1.165) is 6.07 Å². The monoisotopic (exact) mass is 284 g/mol. The number of nitrogens with zero attached hydrogens (tertiary/aromatic N) is 2.